The van der Waals surface area contributed by atoms with Gasteiger partial charge >= 0.3 is 0 Å². The zero-order valence-electron chi connectivity index (χ0n) is 14.2. The normalized spacial score (nSPS) is 14.4. The van der Waals surface area contributed by atoms with E-state index in [0.717, 1.165) is 18.7 Å². The Bertz CT molecular complexity index is 426. The molecule has 0 bridgehead atoms. The first-order valence-electron chi connectivity index (χ1n) is 7.81. The molecule has 114 valence electrons. The number of benzene rings is 1. The second-order valence-corrected chi connectivity index (χ2v) is 6.16. The van der Waals surface area contributed by atoms with Crippen molar-refractivity contribution in [3.05, 3.63) is 28.8 Å². The van der Waals surface area contributed by atoms with Gasteiger partial charge in [-0.3, -0.25) is 0 Å². The van der Waals surface area contributed by atoms with Gasteiger partial charge in [-0.1, -0.05) is 39.8 Å². The van der Waals surface area contributed by atoms with Crippen molar-refractivity contribution in [1.82, 2.24) is 5.32 Å². The predicted octanol–water partition coefficient (Wildman–Crippen LogP) is 4.64. The molecule has 2 unspecified atom stereocenters. The van der Waals surface area contributed by atoms with E-state index in [1.54, 1.807) is 7.11 Å². The Hall–Kier alpha value is -1.02. The highest BCUT2D eigenvalue weighted by molar-refractivity contribution is 5.47. The molecule has 0 heterocycles. The van der Waals surface area contributed by atoms with Gasteiger partial charge in [0, 0.05) is 11.6 Å². The maximum absolute atomic E-state index is 5.71. The Kier molecular flexibility index (Phi) is 6.54. The van der Waals surface area contributed by atoms with Crippen LogP contribution in [-0.4, -0.2) is 13.7 Å². The Morgan fingerprint density at radius 1 is 1.15 bits per heavy atom. The monoisotopic (exact) mass is 277 g/mol. The minimum atomic E-state index is 0.351. The molecule has 0 fully saturated rings. The van der Waals surface area contributed by atoms with Crippen LogP contribution in [0.2, 0.25) is 0 Å². The molecule has 2 atom stereocenters. The van der Waals surface area contributed by atoms with E-state index in [9.17, 15) is 0 Å². The fraction of sp³-hybridized carbons (Fsp3) is 0.667. The van der Waals surface area contributed by atoms with Gasteiger partial charge in [0.05, 0.1) is 7.11 Å². The molecule has 2 heteroatoms. The molecule has 0 aliphatic rings. The standard InChI is InChI=1S/C18H31NO/c1-8-11-19-17(14(5)12(2)3)16-10-9-13(4)15(6)18(16)20-7/h9-10,12,14,17,19H,8,11H2,1-7H3. The second-order valence-electron chi connectivity index (χ2n) is 6.16. The molecule has 2 nitrogen and oxygen atoms in total. The molecule has 1 rings (SSSR count). The first kappa shape index (κ1) is 17.0. The number of aryl methyl sites for hydroxylation is 1. The second kappa shape index (κ2) is 7.68. The molecule has 1 aromatic carbocycles. The minimum Gasteiger partial charge on any atom is -0.496 e. The van der Waals surface area contributed by atoms with Crippen LogP contribution in [0.1, 0.15) is 56.8 Å². The van der Waals surface area contributed by atoms with E-state index in [0.29, 0.717) is 17.9 Å². The molecule has 0 amide bonds. The molecular formula is C18H31NO. The van der Waals surface area contributed by atoms with Crippen molar-refractivity contribution in [1.29, 1.82) is 0 Å². The summed E-state index contributed by atoms with van der Waals surface area (Å²) in [7, 11) is 1.78. The van der Waals surface area contributed by atoms with Gasteiger partial charge in [-0.25, -0.2) is 0 Å². The predicted molar refractivity (Wildman–Crippen MR) is 87.5 cm³/mol. The van der Waals surface area contributed by atoms with Gasteiger partial charge < -0.3 is 10.1 Å². The maximum Gasteiger partial charge on any atom is 0.126 e. The van der Waals surface area contributed by atoms with Crippen molar-refractivity contribution >= 4 is 0 Å². The van der Waals surface area contributed by atoms with Gasteiger partial charge in [0.2, 0.25) is 0 Å². The summed E-state index contributed by atoms with van der Waals surface area (Å²) < 4.78 is 5.71. The third kappa shape index (κ3) is 3.76. The Balaban J connectivity index is 3.22. The van der Waals surface area contributed by atoms with Crippen LogP contribution in [0.5, 0.6) is 5.75 Å². The highest BCUT2D eigenvalue weighted by Gasteiger charge is 2.25. The van der Waals surface area contributed by atoms with Gasteiger partial charge in [-0.2, -0.15) is 0 Å². The highest BCUT2D eigenvalue weighted by Crippen LogP contribution is 2.36. The van der Waals surface area contributed by atoms with Crippen LogP contribution in [0.4, 0.5) is 0 Å². The zero-order valence-corrected chi connectivity index (χ0v) is 14.2. The van der Waals surface area contributed by atoms with Crippen LogP contribution in [-0.2, 0) is 0 Å². The SMILES string of the molecule is CCCNC(c1ccc(C)c(C)c1OC)C(C)C(C)C. The van der Waals surface area contributed by atoms with E-state index >= 15 is 0 Å². The van der Waals surface area contributed by atoms with Gasteiger partial charge in [-0.15, -0.1) is 0 Å². The summed E-state index contributed by atoms with van der Waals surface area (Å²) in [6.07, 6.45) is 1.15. The summed E-state index contributed by atoms with van der Waals surface area (Å²) in [6.45, 7) is 14.4. The summed E-state index contributed by atoms with van der Waals surface area (Å²) in [5.74, 6) is 2.25. The quantitative estimate of drug-likeness (QED) is 0.783. The van der Waals surface area contributed by atoms with Crippen LogP contribution in [0.15, 0.2) is 12.1 Å². The molecule has 0 aliphatic carbocycles. The molecule has 20 heavy (non-hydrogen) atoms. The van der Waals surface area contributed by atoms with E-state index in [-0.39, 0.29) is 0 Å². The van der Waals surface area contributed by atoms with E-state index in [4.69, 9.17) is 4.74 Å². The lowest BCUT2D eigenvalue weighted by Gasteiger charge is -2.30. The summed E-state index contributed by atoms with van der Waals surface area (Å²) in [5.41, 5.74) is 3.84. The Labute approximate surface area is 124 Å². The summed E-state index contributed by atoms with van der Waals surface area (Å²) in [6, 6.07) is 4.79. The van der Waals surface area contributed by atoms with Crippen molar-refractivity contribution < 1.29 is 4.74 Å². The van der Waals surface area contributed by atoms with Gasteiger partial charge in [-0.05, 0) is 49.8 Å². The number of methoxy groups -OCH3 is 1. The van der Waals surface area contributed by atoms with Crippen molar-refractivity contribution in [2.75, 3.05) is 13.7 Å². The van der Waals surface area contributed by atoms with Gasteiger partial charge in [0.1, 0.15) is 5.75 Å². The smallest absolute Gasteiger partial charge is 0.126 e. The third-order valence-electron chi connectivity index (χ3n) is 4.44. The summed E-state index contributed by atoms with van der Waals surface area (Å²) >= 11 is 0. The van der Waals surface area contributed by atoms with E-state index in [1.165, 1.54) is 16.7 Å². The van der Waals surface area contributed by atoms with Crippen LogP contribution in [0.25, 0.3) is 0 Å². The summed E-state index contributed by atoms with van der Waals surface area (Å²) in [4.78, 5) is 0. The lowest BCUT2D eigenvalue weighted by molar-refractivity contribution is 0.294. The molecule has 0 spiro atoms. The fourth-order valence-corrected chi connectivity index (χ4v) is 2.59. The number of ether oxygens (including phenoxy) is 1. The number of nitrogens with one attached hydrogen (secondary N) is 1. The molecule has 0 aliphatic heterocycles. The lowest BCUT2D eigenvalue weighted by Crippen LogP contribution is -2.30. The highest BCUT2D eigenvalue weighted by atomic mass is 16.5. The Morgan fingerprint density at radius 2 is 1.80 bits per heavy atom. The first-order valence-corrected chi connectivity index (χ1v) is 7.81. The van der Waals surface area contributed by atoms with Gasteiger partial charge in [0.15, 0.2) is 0 Å². The Morgan fingerprint density at radius 3 is 2.30 bits per heavy atom. The summed E-state index contributed by atoms with van der Waals surface area (Å²) in [5, 5.41) is 3.71. The minimum absolute atomic E-state index is 0.351. The van der Waals surface area contributed by atoms with Crippen LogP contribution < -0.4 is 10.1 Å². The molecule has 1 aromatic rings. The maximum atomic E-state index is 5.71. The first-order chi connectivity index (χ1) is 9.43. The molecule has 0 aromatic heterocycles. The lowest BCUT2D eigenvalue weighted by atomic mass is 9.84. The molecule has 1 N–H and O–H groups in total. The largest absolute Gasteiger partial charge is 0.496 e. The number of hydrogen-bond acceptors (Lipinski definition) is 2. The van der Waals surface area contributed by atoms with E-state index in [2.05, 4.69) is 59.0 Å². The van der Waals surface area contributed by atoms with Crippen molar-refractivity contribution in [3.8, 4) is 5.75 Å². The van der Waals surface area contributed by atoms with Crippen molar-refractivity contribution in [2.45, 2.75) is 54.0 Å². The van der Waals surface area contributed by atoms with Crippen LogP contribution in [0.3, 0.4) is 0 Å². The van der Waals surface area contributed by atoms with Gasteiger partial charge in [0.25, 0.3) is 0 Å². The van der Waals surface area contributed by atoms with E-state index < -0.39 is 0 Å². The van der Waals surface area contributed by atoms with Crippen LogP contribution >= 0.6 is 0 Å². The van der Waals surface area contributed by atoms with Crippen molar-refractivity contribution in [3.63, 3.8) is 0 Å². The number of hydrogen-bond donors (Lipinski definition) is 1. The topological polar surface area (TPSA) is 21.3 Å². The average molecular weight is 277 g/mol. The molecule has 0 radical (unpaired) electrons. The third-order valence-corrected chi connectivity index (χ3v) is 4.44. The fourth-order valence-electron chi connectivity index (χ4n) is 2.59. The number of rotatable bonds is 7. The zero-order chi connectivity index (χ0) is 15.3. The van der Waals surface area contributed by atoms with Crippen molar-refractivity contribution in [2.24, 2.45) is 11.8 Å². The van der Waals surface area contributed by atoms with E-state index in [1.807, 2.05) is 0 Å². The molecular weight excluding hydrogens is 246 g/mol. The molecule has 0 saturated heterocycles. The molecule has 0 saturated carbocycles. The average Bonchev–Trinajstić information content (AvgIpc) is 2.42. The van der Waals surface area contributed by atoms with Crippen LogP contribution in [0, 0.1) is 25.7 Å².